The number of halogens is 1. The molecule has 0 saturated carbocycles. The number of amidine groups is 1. The number of carbonyl (C=O) groups excluding carboxylic acids is 1. The summed E-state index contributed by atoms with van der Waals surface area (Å²) in [5.41, 5.74) is 0.774. The molecular weight excluding hydrogens is 500 g/mol. The number of nitrogens with one attached hydrogen (secondary N) is 1. The van der Waals surface area contributed by atoms with E-state index in [1.165, 1.54) is 27.0 Å². The van der Waals surface area contributed by atoms with E-state index in [9.17, 15) is 13.2 Å². The molecule has 1 aromatic carbocycles. The molecule has 2 aliphatic heterocycles. The molecule has 0 unspecified atom stereocenters. The number of benzene rings is 1. The minimum atomic E-state index is -3.63. The molecule has 0 atom stereocenters. The second-order valence-electron chi connectivity index (χ2n) is 8.19. The molecule has 33 heavy (non-hydrogen) atoms. The molecule has 7 nitrogen and oxygen atoms in total. The molecule has 3 aromatic rings. The van der Waals surface area contributed by atoms with E-state index in [0.29, 0.717) is 33.0 Å². The van der Waals surface area contributed by atoms with Crippen LogP contribution in [0.3, 0.4) is 0 Å². The zero-order valence-corrected chi connectivity index (χ0v) is 21.0. The SMILES string of the molecule is N=C(c1csc(C(=O)N2CCN(S(=O)(=O)c3cc4ccc(Cl)cc4s3)CC2)c1)N1CCCC1. The molecule has 5 rings (SSSR count). The molecule has 174 valence electrons. The lowest BCUT2D eigenvalue weighted by atomic mass is 10.2. The van der Waals surface area contributed by atoms with Gasteiger partial charge in [-0.05, 0) is 42.5 Å². The summed E-state index contributed by atoms with van der Waals surface area (Å²) < 4.78 is 28.9. The van der Waals surface area contributed by atoms with Crippen molar-refractivity contribution >= 4 is 66.1 Å². The van der Waals surface area contributed by atoms with Gasteiger partial charge in [0.15, 0.2) is 0 Å². The average Bonchev–Trinajstić information content (AvgIpc) is 3.58. The summed E-state index contributed by atoms with van der Waals surface area (Å²) in [5, 5.41) is 11.7. The predicted molar refractivity (Wildman–Crippen MR) is 133 cm³/mol. The zero-order chi connectivity index (χ0) is 23.2. The number of amides is 1. The van der Waals surface area contributed by atoms with Crippen molar-refractivity contribution in [2.45, 2.75) is 17.1 Å². The minimum Gasteiger partial charge on any atom is -0.357 e. The maximum absolute atomic E-state index is 13.2. The van der Waals surface area contributed by atoms with Gasteiger partial charge in [0.2, 0.25) is 0 Å². The summed E-state index contributed by atoms with van der Waals surface area (Å²) in [6, 6.07) is 8.82. The Labute approximate surface area is 205 Å². The fraction of sp³-hybridized carbons (Fsp3) is 0.364. The van der Waals surface area contributed by atoms with Crippen molar-refractivity contribution in [3.8, 4) is 0 Å². The highest BCUT2D eigenvalue weighted by atomic mass is 35.5. The van der Waals surface area contributed by atoms with Gasteiger partial charge in [-0.15, -0.1) is 22.7 Å². The Balaban J connectivity index is 1.24. The summed E-state index contributed by atoms with van der Waals surface area (Å²) in [6.07, 6.45) is 2.20. The first kappa shape index (κ1) is 22.8. The van der Waals surface area contributed by atoms with Gasteiger partial charge in [0, 0.05) is 59.9 Å². The maximum atomic E-state index is 13.2. The Morgan fingerprint density at radius 3 is 2.42 bits per heavy atom. The molecule has 2 aliphatic rings. The van der Waals surface area contributed by atoms with Crippen LogP contribution in [-0.4, -0.2) is 73.5 Å². The standard InChI is InChI=1S/C22H23ClN4O3S3/c23-17-4-3-15-12-20(32-18(15)13-17)33(29,30)27-9-7-26(8-10-27)22(28)19-11-16(14-31-19)21(24)25-5-1-2-6-25/h3-4,11-14,24H,1-2,5-10H2. The van der Waals surface area contributed by atoms with E-state index in [1.807, 2.05) is 16.3 Å². The highest BCUT2D eigenvalue weighted by Gasteiger charge is 2.32. The van der Waals surface area contributed by atoms with Crippen molar-refractivity contribution in [1.82, 2.24) is 14.1 Å². The molecular formula is C22H23ClN4O3S3. The highest BCUT2D eigenvalue weighted by Crippen LogP contribution is 2.33. The predicted octanol–water partition coefficient (Wildman–Crippen LogP) is 4.18. The molecule has 2 fully saturated rings. The fourth-order valence-electron chi connectivity index (χ4n) is 4.22. The molecule has 4 heterocycles. The number of hydrogen-bond donors (Lipinski definition) is 1. The van der Waals surface area contributed by atoms with E-state index in [1.54, 1.807) is 29.2 Å². The van der Waals surface area contributed by atoms with Crippen LogP contribution in [-0.2, 0) is 10.0 Å². The molecule has 0 spiro atoms. The van der Waals surface area contributed by atoms with Crippen molar-refractivity contribution < 1.29 is 13.2 Å². The van der Waals surface area contributed by atoms with Crippen LogP contribution in [0.2, 0.25) is 5.02 Å². The zero-order valence-electron chi connectivity index (χ0n) is 17.8. The number of fused-ring (bicyclic) bond motifs is 1. The van der Waals surface area contributed by atoms with Crippen LogP contribution in [0.4, 0.5) is 0 Å². The Kier molecular flexibility index (Phi) is 6.21. The number of rotatable bonds is 4. The van der Waals surface area contributed by atoms with E-state index >= 15 is 0 Å². The number of likely N-dealkylation sites (tertiary alicyclic amines) is 1. The number of nitrogens with zero attached hydrogens (tertiary/aromatic N) is 3. The highest BCUT2D eigenvalue weighted by molar-refractivity contribution is 7.91. The van der Waals surface area contributed by atoms with Gasteiger partial charge in [0.05, 0.1) is 4.88 Å². The third kappa shape index (κ3) is 4.42. The van der Waals surface area contributed by atoms with E-state index in [0.717, 1.165) is 41.6 Å². The van der Waals surface area contributed by atoms with Gasteiger partial charge < -0.3 is 9.80 Å². The summed E-state index contributed by atoms with van der Waals surface area (Å²) in [6.45, 7) is 2.97. The van der Waals surface area contributed by atoms with E-state index < -0.39 is 10.0 Å². The second-order valence-corrected chi connectivity index (χ2v) is 12.8. The Hall–Kier alpha value is -1.98. The van der Waals surface area contributed by atoms with Gasteiger partial charge in [-0.25, -0.2) is 8.42 Å². The van der Waals surface area contributed by atoms with Crippen LogP contribution in [0.1, 0.15) is 28.1 Å². The molecule has 2 saturated heterocycles. The molecule has 11 heteroatoms. The average molecular weight is 523 g/mol. The molecule has 0 bridgehead atoms. The van der Waals surface area contributed by atoms with Crippen molar-refractivity contribution in [2.75, 3.05) is 39.3 Å². The molecule has 1 amide bonds. The third-order valence-electron chi connectivity index (χ3n) is 6.09. The van der Waals surface area contributed by atoms with Crippen molar-refractivity contribution in [1.29, 1.82) is 5.41 Å². The number of thiophene rings is 2. The number of piperazine rings is 1. The lowest BCUT2D eigenvalue weighted by Crippen LogP contribution is -2.50. The van der Waals surface area contributed by atoms with Crippen molar-refractivity contribution in [3.05, 3.63) is 51.2 Å². The fourth-order valence-corrected chi connectivity index (χ4v) is 8.33. The van der Waals surface area contributed by atoms with Crippen LogP contribution >= 0.6 is 34.3 Å². The van der Waals surface area contributed by atoms with Crippen molar-refractivity contribution in [3.63, 3.8) is 0 Å². The van der Waals surface area contributed by atoms with Gasteiger partial charge in [-0.2, -0.15) is 4.31 Å². The lowest BCUT2D eigenvalue weighted by Gasteiger charge is -2.33. The summed E-state index contributed by atoms with van der Waals surface area (Å²) >= 11 is 8.60. The molecule has 0 aliphatic carbocycles. The topological polar surface area (TPSA) is 84.8 Å². The Bertz CT molecular complexity index is 1320. The van der Waals surface area contributed by atoms with E-state index in [-0.39, 0.29) is 19.0 Å². The van der Waals surface area contributed by atoms with Gasteiger partial charge in [0.25, 0.3) is 15.9 Å². The normalized spacial score (nSPS) is 17.7. The largest absolute Gasteiger partial charge is 0.357 e. The summed E-state index contributed by atoms with van der Waals surface area (Å²) in [7, 11) is -3.63. The summed E-state index contributed by atoms with van der Waals surface area (Å²) in [5.74, 6) is 0.373. The first-order valence-electron chi connectivity index (χ1n) is 10.7. The van der Waals surface area contributed by atoms with Gasteiger partial charge in [-0.1, -0.05) is 17.7 Å². The maximum Gasteiger partial charge on any atom is 0.264 e. The second kappa shape index (κ2) is 8.99. The van der Waals surface area contributed by atoms with Crippen LogP contribution < -0.4 is 0 Å². The molecule has 2 aromatic heterocycles. The van der Waals surface area contributed by atoms with E-state index in [2.05, 4.69) is 0 Å². The number of carbonyl (C=O) groups is 1. The Morgan fingerprint density at radius 2 is 1.70 bits per heavy atom. The van der Waals surface area contributed by atoms with Crippen LogP contribution in [0.15, 0.2) is 39.9 Å². The summed E-state index contributed by atoms with van der Waals surface area (Å²) in [4.78, 5) is 17.3. The number of hydrogen-bond acceptors (Lipinski definition) is 6. The van der Waals surface area contributed by atoms with Gasteiger partial charge >= 0.3 is 0 Å². The minimum absolute atomic E-state index is 0.103. The van der Waals surface area contributed by atoms with Gasteiger partial charge in [-0.3, -0.25) is 10.2 Å². The smallest absolute Gasteiger partial charge is 0.264 e. The Morgan fingerprint density at radius 1 is 0.970 bits per heavy atom. The van der Waals surface area contributed by atoms with E-state index in [4.69, 9.17) is 17.0 Å². The number of sulfonamides is 1. The molecule has 1 N–H and O–H groups in total. The lowest BCUT2D eigenvalue weighted by molar-refractivity contribution is 0.0703. The monoisotopic (exact) mass is 522 g/mol. The van der Waals surface area contributed by atoms with Crippen LogP contribution in [0.25, 0.3) is 10.1 Å². The molecule has 0 radical (unpaired) electrons. The first-order chi connectivity index (χ1) is 15.8. The van der Waals surface area contributed by atoms with Crippen molar-refractivity contribution in [2.24, 2.45) is 0 Å². The quantitative estimate of drug-likeness (QED) is 0.411. The van der Waals surface area contributed by atoms with Gasteiger partial charge in [0.1, 0.15) is 10.0 Å². The van der Waals surface area contributed by atoms with Crippen LogP contribution in [0.5, 0.6) is 0 Å². The first-order valence-corrected chi connectivity index (χ1v) is 14.3. The third-order valence-corrected chi connectivity index (χ3v) is 10.7. The van der Waals surface area contributed by atoms with Crippen LogP contribution in [0, 0.1) is 5.41 Å².